The van der Waals surface area contributed by atoms with Crippen molar-refractivity contribution < 1.29 is 14.7 Å². The molecule has 0 bridgehead atoms. The molecule has 0 aromatic heterocycles. The third-order valence-electron chi connectivity index (χ3n) is 2.43. The fourth-order valence-electron chi connectivity index (χ4n) is 1.58. The monoisotopic (exact) mass is 206 g/mol. The molecular weight excluding hydrogens is 192 g/mol. The Hall–Kier alpha value is -1.64. The molecule has 0 aliphatic carbocycles. The first-order valence-electron chi connectivity index (χ1n) is 4.88. The molecule has 0 amide bonds. The number of hydrogen-bond donors (Lipinski definition) is 1. The molecule has 0 aliphatic heterocycles. The fourth-order valence-corrected chi connectivity index (χ4v) is 1.58. The van der Waals surface area contributed by atoms with Crippen LogP contribution in [0, 0.1) is 6.92 Å². The molecule has 0 saturated carbocycles. The number of carbonyl (C=O) groups is 2. The minimum atomic E-state index is -0.828. The van der Waals surface area contributed by atoms with Gasteiger partial charge in [-0.05, 0) is 30.0 Å². The van der Waals surface area contributed by atoms with E-state index in [9.17, 15) is 9.59 Å². The van der Waals surface area contributed by atoms with E-state index < -0.39 is 5.97 Å². The van der Waals surface area contributed by atoms with Gasteiger partial charge in [-0.15, -0.1) is 0 Å². The van der Waals surface area contributed by atoms with Crippen LogP contribution in [0.5, 0.6) is 0 Å². The molecule has 0 radical (unpaired) electrons. The zero-order chi connectivity index (χ0) is 11.3. The van der Waals surface area contributed by atoms with Crippen LogP contribution in [0.1, 0.15) is 23.1 Å². The van der Waals surface area contributed by atoms with Crippen molar-refractivity contribution in [3.63, 3.8) is 0 Å². The number of carbonyl (C=O) groups excluding carboxylic acids is 1. The summed E-state index contributed by atoms with van der Waals surface area (Å²) in [6.45, 7) is 1.90. The van der Waals surface area contributed by atoms with Gasteiger partial charge in [-0.25, -0.2) is 0 Å². The summed E-state index contributed by atoms with van der Waals surface area (Å²) in [5.74, 6) is -0.828. The van der Waals surface area contributed by atoms with Gasteiger partial charge in [-0.3, -0.25) is 4.79 Å². The molecule has 0 unspecified atom stereocenters. The Balaban J connectivity index is 2.89. The first-order valence-corrected chi connectivity index (χ1v) is 4.88. The third-order valence-corrected chi connectivity index (χ3v) is 2.43. The van der Waals surface area contributed by atoms with Gasteiger partial charge in [0.1, 0.15) is 6.29 Å². The van der Waals surface area contributed by atoms with E-state index in [1.807, 2.05) is 25.1 Å². The molecule has 0 fully saturated rings. The van der Waals surface area contributed by atoms with E-state index in [2.05, 4.69) is 0 Å². The van der Waals surface area contributed by atoms with E-state index in [-0.39, 0.29) is 6.42 Å². The lowest BCUT2D eigenvalue weighted by Gasteiger charge is -2.08. The molecule has 3 nitrogen and oxygen atoms in total. The van der Waals surface area contributed by atoms with Gasteiger partial charge in [-0.2, -0.15) is 0 Å². The van der Waals surface area contributed by atoms with Crippen molar-refractivity contribution in [3.8, 4) is 0 Å². The second kappa shape index (κ2) is 5.29. The SMILES string of the molecule is Cc1c(CCC=O)cccc1CC(=O)O. The van der Waals surface area contributed by atoms with Gasteiger partial charge < -0.3 is 9.90 Å². The molecule has 0 saturated heterocycles. The number of rotatable bonds is 5. The van der Waals surface area contributed by atoms with Crippen LogP contribution in [-0.4, -0.2) is 17.4 Å². The number of aryl methyl sites for hydroxylation is 1. The van der Waals surface area contributed by atoms with Crippen molar-refractivity contribution >= 4 is 12.3 Å². The van der Waals surface area contributed by atoms with Crippen molar-refractivity contribution in [1.29, 1.82) is 0 Å². The number of aldehydes is 1. The van der Waals surface area contributed by atoms with Crippen LogP contribution >= 0.6 is 0 Å². The van der Waals surface area contributed by atoms with Crippen molar-refractivity contribution in [3.05, 3.63) is 34.9 Å². The van der Waals surface area contributed by atoms with Crippen LogP contribution in [0.3, 0.4) is 0 Å². The topological polar surface area (TPSA) is 54.4 Å². The maximum absolute atomic E-state index is 10.6. The molecule has 15 heavy (non-hydrogen) atoms. The van der Waals surface area contributed by atoms with E-state index in [1.54, 1.807) is 0 Å². The molecule has 1 aromatic rings. The molecule has 80 valence electrons. The van der Waals surface area contributed by atoms with E-state index in [1.165, 1.54) is 0 Å². The van der Waals surface area contributed by atoms with Crippen LogP contribution in [-0.2, 0) is 22.4 Å². The second-order valence-electron chi connectivity index (χ2n) is 3.48. The number of carboxylic acids is 1. The Bertz CT molecular complexity index is 369. The van der Waals surface area contributed by atoms with Crippen LogP contribution in [0.2, 0.25) is 0 Å². The third kappa shape index (κ3) is 3.20. The predicted molar refractivity (Wildman–Crippen MR) is 56.9 cm³/mol. The Kier molecular flexibility index (Phi) is 4.03. The molecule has 0 heterocycles. The van der Waals surface area contributed by atoms with E-state index in [0.29, 0.717) is 12.8 Å². The van der Waals surface area contributed by atoms with Crippen LogP contribution in [0.15, 0.2) is 18.2 Å². The van der Waals surface area contributed by atoms with Gasteiger partial charge in [0.05, 0.1) is 6.42 Å². The van der Waals surface area contributed by atoms with E-state index >= 15 is 0 Å². The van der Waals surface area contributed by atoms with Gasteiger partial charge >= 0.3 is 5.97 Å². The Morgan fingerprint density at radius 3 is 2.67 bits per heavy atom. The van der Waals surface area contributed by atoms with Gasteiger partial charge in [0.2, 0.25) is 0 Å². The summed E-state index contributed by atoms with van der Waals surface area (Å²) in [6.07, 6.45) is 2.09. The molecule has 0 atom stereocenters. The highest BCUT2D eigenvalue weighted by atomic mass is 16.4. The maximum Gasteiger partial charge on any atom is 0.307 e. The first kappa shape index (κ1) is 11.4. The summed E-state index contributed by atoms with van der Waals surface area (Å²) in [4.78, 5) is 20.8. The highest BCUT2D eigenvalue weighted by Gasteiger charge is 2.06. The molecule has 1 aromatic carbocycles. The number of hydrogen-bond acceptors (Lipinski definition) is 2. The number of aliphatic carboxylic acids is 1. The molecule has 3 heteroatoms. The quantitative estimate of drug-likeness (QED) is 0.747. The van der Waals surface area contributed by atoms with E-state index in [0.717, 1.165) is 23.0 Å². The molecule has 1 rings (SSSR count). The van der Waals surface area contributed by atoms with Crippen molar-refractivity contribution in [2.75, 3.05) is 0 Å². The summed E-state index contributed by atoms with van der Waals surface area (Å²) >= 11 is 0. The molecular formula is C12H14O3. The average molecular weight is 206 g/mol. The van der Waals surface area contributed by atoms with Crippen molar-refractivity contribution in [2.24, 2.45) is 0 Å². The van der Waals surface area contributed by atoms with E-state index in [4.69, 9.17) is 5.11 Å². The van der Waals surface area contributed by atoms with Gasteiger partial charge in [0.25, 0.3) is 0 Å². The lowest BCUT2D eigenvalue weighted by Crippen LogP contribution is -2.04. The molecule has 1 N–H and O–H groups in total. The van der Waals surface area contributed by atoms with Crippen molar-refractivity contribution in [2.45, 2.75) is 26.2 Å². The van der Waals surface area contributed by atoms with Crippen LogP contribution in [0.25, 0.3) is 0 Å². The maximum atomic E-state index is 10.6. The lowest BCUT2D eigenvalue weighted by atomic mass is 9.97. The summed E-state index contributed by atoms with van der Waals surface area (Å²) in [6, 6.07) is 5.59. The zero-order valence-corrected chi connectivity index (χ0v) is 8.69. The smallest absolute Gasteiger partial charge is 0.307 e. The second-order valence-corrected chi connectivity index (χ2v) is 3.48. The fraction of sp³-hybridized carbons (Fsp3) is 0.333. The summed E-state index contributed by atoms with van der Waals surface area (Å²) in [7, 11) is 0. The summed E-state index contributed by atoms with van der Waals surface area (Å²) in [5.41, 5.74) is 2.87. The lowest BCUT2D eigenvalue weighted by molar-refractivity contribution is -0.136. The highest BCUT2D eigenvalue weighted by Crippen LogP contribution is 2.15. The molecule has 0 spiro atoms. The van der Waals surface area contributed by atoms with Gasteiger partial charge in [0, 0.05) is 6.42 Å². The summed E-state index contributed by atoms with van der Waals surface area (Å²) in [5, 5.41) is 8.70. The number of benzene rings is 1. The van der Waals surface area contributed by atoms with Gasteiger partial charge in [-0.1, -0.05) is 18.2 Å². The van der Waals surface area contributed by atoms with Crippen molar-refractivity contribution in [1.82, 2.24) is 0 Å². The Morgan fingerprint density at radius 1 is 1.40 bits per heavy atom. The molecule has 0 aliphatic rings. The average Bonchev–Trinajstić information content (AvgIpc) is 2.19. The zero-order valence-electron chi connectivity index (χ0n) is 8.69. The first-order chi connectivity index (χ1) is 7.15. The van der Waals surface area contributed by atoms with Gasteiger partial charge in [0.15, 0.2) is 0 Å². The Labute approximate surface area is 88.7 Å². The largest absolute Gasteiger partial charge is 0.481 e. The number of carboxylic acid groups (broad SMARTS) is 1. The Morgan fingerprint density at radius 2 is 2.07 bits per heavy atom. The highest BCUT2D eigenvalue weighted by molar-refractivity contribution is 5.71. The summed E-state index contributed by atoms with van der Waals surface area (Å²) < 4.78 is 0. The van der Waals surface area contributed by atoms with Crippen LogP contribution in [0.4, 0.5) is 0 Å². The standard InChI is InChI=1S/C12H14O3/c1-9-10(6-3-7-13)4-2-5-11(9)8-12(14)15/h2,4-5,7H,3,6,8H2,1H3,(H,14,15). The predicted octanol–water partition coefficient (Wildman–Crippen LogP) is 1.75. The van der Waals surface area contributed by atoms with Crippen LogP contribution < -0.4 is 0 Å². The minimum absolute atomic E-state index is 0.0424. The normalized spacial score (nSPS) is 9.93. The minimum Gasteiger partial charge on any atom is -0.481 e.